The molecule has 0 aromatic heterocycles. The zero-order valence-corrected chi connectivity index (χ0v) is 9.44. The van der Waals surface area contributed by atoms with Gasteiger partial charge in [-0.1, -0.05) is 0 Å². The van der Waals surface area contributed by atoms with Gasteiger partial charge >= 0.3 is 6.03 Å². The average molecular weight is 227 g/mol. The molecule has 0 aromatic rings. The molecule has 2 aliphatic rings. The van der Waals surface area contributed by atoms with Gasteiger partial charge in [-0.05, 0) is 7.05 Å². The molecule has 0 aliphatic carbocycles. The van der Waals surface area contributed by atoms with Crippen LogP contribution < -0.4 is 5.32 Å². The molecule has 2 saturated heterocycles. The quantitative estimate of drug-likeness (QED) is 0.675. The Balaban J connectivity index is 1.84. The van der Waals surface area contributed by atoms with E-state index in [1.165, 1.54) is 0 Å². The van der Waals surface area contributed by atoms with Crippen molar-refractivity contribution in [2.75, 3.05) is 39.8 Å². The molecule has 0 saturated carbocycles. The van der Waals surface area contributed by atoms with E-state index in [1.54, 1.807) is 4.90 Å². The first-order valence-electron chi connectivity index (χ1n) is 5.54. The largest absolute Gasteiger partial charge is 0.374 e. The van der Waals surface area contributed by atoms with Crippen LogP contribution in [0.4, 0.5) is 4.79 Å². The highest BCUT2D eigenvalue weighted by molar-refractivity contribution is 5.96. The van der Waals surface area contributed by atoms with Crippen molar-refractivity contribution in [2.24, 2.45) is 0 Å². The molecule has 1 N–H and O–H groups in total. The summed E-state index contributed by atoms with van der Waals surface area (Å²) in [6.45, 7) is 3.52. The monoisotopic (exact) mass is 227 g/mol. The summed E-state index contributed by atoms with van der Waals surface area (Å²) in [7, 11) is 2.04. The Morgan fingerprint density at radius 1 is 1.44 bits per heavy atom. The topological polar surface area (TPSA) is 61.9 Å². The van der Waals surface area contributed by atoms with Crippen molar-refractivity contribution in [1.82, 2.24) is 15.1 Å². The predicted molar refractivity (Wildman–Crippen MR) is 57.0 cm³/mol. The number of ether oxygens (including phenoxy) is 1. The third kappa shape index (κ3) is 2.70. The number of nitrogens with one attached hydrogen (secondary N) is 1. The highest BCUT2D eigenvalue weighted by Gasteiger charge is 2.27. The minimum atomic E-state index is -0.298. The van der Waals surface area contributed by atoms with Crippen LogP contribution in [-0.2, 0) is 9.53 Å². The number of carbonyl (C=O) groups excluding carboxylic acids is 2. The van der Waals surface area contributed by atoms with Crippen LogP contribution in [0.2, 0.25) is 0 Å². The lowest BCUT2D eigenvalue weighted by Gasteiger charge is -2.35. The van der Waals surface area contributed by atoms with Gasteiger partial charge in [-0.3, -0.25) is 10.1 Å². The molecule has 1 unspecified atom stereocenters. The van der Waals surface area contributed by atoms with Crippen molar-refractivity contribution in [1.29, 1.82) is 0 Å². The highest BCUT2D eigenvalue weighted by atomic mass is 16.5. The molecule has 0 radical (unpaired) electrons. The summed E-state index contributed by atoms with van der Waals surface area (Å²) in [5, 5.41) is 2.31. The van der Waals surface area contributed by atoms with E-state index in [-0.39, 0.29) is 18.0 Å². The molecule has 0 spiro atoms. The van der Waals surface area contributed by atoms with Crippen molar-refractivity contribution < 1.29 is 14.3 Å². The van der Waals surface area contributed by atoms with E-state index in [1.807, 2.05) is 7.05 Å². The third-order valence-corrected chi connectivity index (χ3v) is 2.91. The van der Waals surface area contributed by atoms with E-state index in [0.717, 1.165) is 13.1 Å². The minimum Gasteiger partial charge on any atom is -0.374 e. The van der Waals surface area contributed by atoms with Gasteiger partial charge < -0.3 is 14.5 Å². The molecule has 90 valence electrons. The van der Waals surface area contributed by atoms with E-state index < -0.39 is 0 Å². The fourth-order valence-corrected chi connectivity index (χ4v) is 2.00. The Kier molecular flexibility index (Phi) is 3.40. The van der Waals surface area contributed by atoms with Crippen molar-refractivity contribution >= 4 is 11.9 Å². The van der Waals surface area contributed by atoms with Gasteiger partial charge in [0, 0.05) is 32.6 Å². The number of urea groups is 1. The molecule has 0 bridgehead atoms. The number of rotatable bonds is 2. The van der Waals surface area contributed by atoms with Crippen molar-refractivity contribution in [3.05, 3.63) is 0 Å². The lowest BCUT2D eigenvalue weighted by atomic mass is 10.2. The normalized spacial score (nSPS) is 28.1. The van der Waals surface area contributed by atoms with Gasteiger partial charge in [0.15, 0.2) is 0 Å². The number of carbonyl (C=O) groups is 2. The summed E-state index contributed by atoms with van der Waals surface area (Å²) in [6, 6.07) is -0.298. The van der Waals surface area contributed by atoms with Crippen molar-refractivity contribution in [3.63, 3.8) is 0 Å². The highest BCUT2D eigenvalue weighted by Crippen LogP contribution is 2.08. The fourth-order valence-electron chi connectivity index (χ4n) is 2.00. The van der Waals surface area contributed by atoms with Gasteiger partial charge in [-0.25, -0.2) is 4.79 Å². The zero-order chi connectivity index (χ0) is 11.5. The van der Waals surface area contributed by atoms with Crippen LogP contribution in [0.3, 0.4) is 0 Å². The second-order valence-corrected chi connectivity index (χ2v) is 4.30. The molecule has 1 atom stereocenters. The van der Waals surface area contributed by atoms with E-state index in [2.05, 4.69) is 10.2 Å². The van der Waals surface area contributed by atoms with Crippen LogP contribution in [0.25, 0.3) is 0 Å². The Morgan fingerprint density at radius 3 is 2.94 bits per heavy atom. The number of hydrogen-bond donors (Lipinski definition) is 1. The first kappa shape index (κ1) is 11.3. The van der Waals surface area contributed by atoms with Crippen LogP contribution in [0.15, 0.2) is 0 Å². The molecule has 0 aromatic carbocycles. The minimum absolute atomic E-state index is 0.0534. The molecule has 6 nitrogen and oxygen atoms in total. The number of amides is 3. The number of hydrogen-bond acceptors (Lipinski definition) is 4. The van der Waals surface area contributed by atoms with Crippen LogP contribution >= 0.6 is 0 Å². The number of morpholine rings is 1. The Morgan fingerprint density at radius 2 is 2.25 bits per heavy atom. The molecular formula is C10H17N3O3. The van der Waals surface area contributed by atoms with Gasteiger partial charge in [0.05, 0.1) is 12.7 Å². The van der Waals surface area contributed by atoms with Gasteiger partial charge in [-0.15, -0.1) is 0 Å². The van der Waals surface area contributed by atoms with E-state index in [0.29, 0.717) is 26.1 Å². The molecule has 2 heterocycles. The zero-order valence-electron chi connectivity index (χ0n) is 9.44. The second kappa shape index (κ2) is 4.80. The summed E-state index contributed by atoms with van der Waals surface area (Å²) in [5.41, 5.74) is 0. The maximum atomic E-state index is 11.5. The van der Waals surface area contributed by atoms with Crippen LogP contribution in [0.1, 0.15) is 6.42 Å². The molecule has 16 heavy (non-hydrogen) atoms. The Bertz CT molecular complexity index is 295. The Hall–Kier alpha value is -1.14. The lowest BCUT2D eigenvalue weighted by Crippen LogP contribution is -2.54. The molecule has 3 amide bonds. The third-order valence-electron chi connectivity index (χ3n) is 2.91. The average Bonchev–Trinajstić information content (AvgIpc) is 2.22. The molecule has 2 rings (SSSR count). The van der Waals surface area contributed by atoms with E-state index in [4.69, 9.17) is 4.74 Å². The molecule has 2 aliphatic heterocycles. The summed E-state index contributed by atoms with van der Waals surface area (Å²) in [4.78, 5) is 26.3. The van der Waals surface area contributed by atoms with Crippen molar-refractivity contribution in [3.8, 4) is 0 Å². The predicted octanol–water partition coefficient (Wildman–Crippen LogP) is -0.741. The summed E-state index contributed by atoms with van der Waals surface area (Å²) in [6.07, 6.45) is 0.437. The SMILES string of the molecule is CN1CCOC(CN2CCC(=O)NC2=O)C1. The van der Waals surface area contributed by atoms with E-state index in [9.17, 15) is 9.59 Å². The fraction of sp³-hybridized carbons (Fsp3) is 0.800. The van der Waals surface area contributed by atoms with Gasteiger partial charge in [-0.2, -0.15) is 0 Å². The number of nitrogens with zero attached hydrogens (tertiary/aromatic N) is 2. The molecule has 6 heteroatoms. The van der Waals surface area contributed by atoms with Crippen LogP contribution in [-0.4, -0.2) is 67.7 Å². The van der Waals surface area contributed by atoms with Crippen molar-refractivity contribution in [2.45, 2.75) is 12.5 Å². The van der Waals surface area contributed by atoms with E-state index >= 15 is 0 Å². The summed E-state index contributed by atoms with van der Waals surface area (Å²) >= 11 is 0. The standard InChI is InChI=1S/C10H17N3O3/c1-12-4-5-16-8(6-12)7-13-3-2-9(14)11-10(13)15/h8H,2-7H2,1H3,(H,11,14,15). The summed E-state index contributed by atoms with van der Waals surface area (Å²) < 4.78 is 5.58. The van der Waals surface area contributed by atoms with Gasteiger partial charge in [0.1, 0.15) is 0 Å². The maximum absolute atomic E-state index is 11.5. The van der Waals surface area contributed by atoms with Gasteiger partial charge in [0.2, 0.25) is 5.91 Å². The first-order chi connectivity index (χ1) is 7.65. The lowest BCUT2D eigenvalue weighted by molar-refractivity contribution is -0.121. The number of imide groups is 1. The van der Waals surface area contributed by atoms with Gasteiger partial charge in [0.25, 0.3) is 0 Å². The summed E-state index contributed by atoms with van der Waals surface area (Å²) in [5.74, 6) is -0.192. The van der Waals surface area contributed by atoms with Crippen LogP contribution in [0, 0.1) is 0 Å². The smallest absolute Gasteiger partial charge is 0.324 e. The molecular weight excluding hydrogens is 210 g/mol. The second-order valence-electron chi connectivity index (χ2n) is 4.30. The number of likely N-dealkylation sites (N-methyl/N-ethyl adjacent to an activating group) is 1. The first-order valence-corrected chi connectivity index (χ1v) is 5.54. The Labute approximate surface area is 94.5 Å². The maximum Gasteiger partial charge on any atom is 0.324 e. The molecule has 2 fully saturated rings. The van der Waals surface area contributed by atoms with Crippen LogP contribution in [0.5, 0.6) is 0 Å².